The van der Waals surface area contributed by atoms with Crippen molar-refractivity contribution < 1.29 is 14.3 Å². The number of hydrogen-bond donors (Lipinski definition) is 1. The van der Waals surface area contributed by atoms with Gasteiger partial charge in [-0.2, -0.15) is 0 Å². The summed E-state index contributed by atoms with van der Waals surface area (Å²) < 4.78 is 4.89. The minimum Gasteiger partial charge on any atom is -0.447 e. The second kappa shape index (κ2) is 4.33. The van der Waals surface area contributed by atoms with E-state index in [1.165, 1.54) is 0 Å². The van der Waals surface area contributed by atoms with Crippen LogP contribution in [-0.2, 0) is 9.53 Å². The Morgan fingerprint density at radius 2 is 2.22 bits per heavy atom. The van der Waals surface area contributed by atoms with E-state index in [4.69, 9.17) is 4.74 Å². The van der Waals surface area contributed by atoms with Gasteiger partial charge in [0.05, 0.1) is 6.54 Å². The van der Waals surface area contributed by atoms with Gasteiger partial charge in [-0.25, -0.2) is 4.79 Å². The van der Waals surface area contributed by atoms with Gasteiger partial charge >= 0.3 is 6.09 Å². The minimum absolute atomic E-state index is 0.0659. The van der Waals surface area contributed by atoms with Gasteiger partial charge in [-0.05, 0) is 31.0 Å². The Kier molecular flexibility index (Phi) is 2.66. The average molecular weight is 246 g/mol. The minimum atomic E-state index is -0.333. The predicted molar refractivity (Wildman–Crippen MR) is 66.5 cm³/mol. The number of nitrogens with zero attached hydrogens (tertiary/aromatic N) is 1. The number of benzene rings is 1. The van der Waals surface area contributed by atoms with Gasteiger partial charge in [0.2, 0.25) is 5.91 Å². The van der Waals surface area contributed by atoms with E-state index in [1.807, 2.05) is 18.2 Å². The van der Waals surface area contributed by atoms with Crippen molar-refractivity contribution in [2.24, 2.45) is 5.92 Å². The maximum atomic E-state index is 11.7. The number of anilines is 2. The summed E-state index contributed by atoms with van der Waals surface area (Å²) >= 11 is 0. The van der Waals surface area contributed by atoms with Crippen LogP contribution in [0, 0.1) is 5.92 Å². The Morgan fingerprint density at radius 3 is 2.89 bits per heavy atom. The number of rotatable bonds is 3. The van der Waals surface area contributed by atoms with Gasteiger partial charge in [0, 0.05) is 17.3 Å². The molecule has 0 atom stereocenters. The van der Waals surface area contributed by atoms with E-state index in [9.17, 15) is 9.59 Å². The third kappa shape index (κ3) is 2.16. The maximum absolute atomic E-state index is 11.7. The maximum Gasteiger partial charge on any atom is 0.414 e. The first kappa shape index (κ1) is 11.1. The third-order valence-corrected chi connectivity index (χ3v) is 3.13. The average Bonchev–Trinajstić information content (AvgIpc) is 3.13. The van der Waals surface area contributed by atoms with E-state index in [1.54, 1.807) is 11.0 Å². The summed E-state index contributed by atoms with van der Waals surface area (Å²) in [5.41, 5.74) is 1.48. The summed E-state index contributed by atoms with van der Waals surface area (Å²) in [6, 6.07) is 7.28. The second-order valence-electron chi connectivity index (χ2n) is 4.58. The summed E-state index contributed by atoms with van der Waals surface area (Å²) in [6.07, 6.45) is 1.62. The summed E-state index contributed by atoms with van der Waals surface area (Å²) in [6.45, 7) is 0.969. The number of hydrogen-bond acceptors (Lipinski definition) is 3. The van der Waals surface area contributed by atoms with Gasteiger partial charge in [-0.15, -0.1) is 0 Å². The van der Waals surface area contributed by atoms with E-state index < -0.39 is 0 Å². The quantitative estimate of drug-likeness (QED) is 0.887. The molecule has 3 rings (SSSR count). The highest BCUT2D eigenvalue weighted by atomic mass is 16.6. The van der Waals surface area contributed by atoms with Crippen molar-refractivity contribution in [2.45, 2.75) is 12.8 Å². The highest BCUT2D eigenvalue weighted by molar-refractivity contribution is 5.95. The lowest BCUT2D eigenvalue weighted by Gasteiger charge is -2.14. The summed E-state index contributed by atoms with van der Waals surface area (Å²) in [4.78, 5) is 24.7. The SMILES string of the molecule is O=C(Nc1cccc(N2CCOC2=O)c1)C1CC1. The molecular weight excluding hydrogens is 232 g/mol. The molecule has 2 fully saturated rings. The van der Waals surface area contributed by atoms with E-state index in [0.29, 0.717) is 13.2 Å². The Bertz CT molecular complexity index is 497. The van der Waals surface area contributed by atoms with E-state index in [-0.39, 0.29) is 17.9 Å². The van der Waals surface area contributed by atoms with Crippen molar-refractivity contribution in [3.63, 3.8) is 0 Å². The third-order valence-electron chi connectivity index (χ3n) is 3.13. The monoisotopic (exact) mass is 246 g/mol. The Balaban J connectivity index is 1.75. The molecule has 5 heteroatoms. The molecule has 2 amide bonds. The molecule has 1 aliphatic heterocycles. The molecule has 0 unspecified atom stereocenters. The first-order valence-corrected chi connectivity index (χ1v) is 6.09. The van der Waals surface area contributed by atoms with E-state index in [0.717, 1.165) is 24.2 Å². The lowest BCUT2D eigenvalue weighted by molar-refractivity contribution is -0.117. The summed E-state index contributed by atoms with van der Waals surface area (Å²) in [5.74, 6) is 0.238. The van der Waals surface area contributed by atoms with E-state index in [2.05, 4.69) is 5.32 Å². The van der Waals surface area contributed by atoms with Crippen molar-refractivity contribution in [1.29, 1.82) is 0 Å². The number of ether oxygens (including phenoxy) is 1. The van der Waals surface area contributed by atoms with Gasteiger partial charge < -0.3 is 10.1 Å². The van der Waals surface area contributed by atoms with Gasteiger partial charge in [-0.1, -0.05) is 6.07 Å². The molecule has 0 aromatic heterocycles. The molecule has 94 valence electrons. The molecule has 18 heavy (non-hydrogen) atoms. The molecule has 2 aliphatic rings. The molecule has 0 bridgehead atoms. The second-order valence-corrected chi connectivity index (χ2v) is 4.58. The normalized spacial score (nSPS) is 18.7. The molecule has 0 radical (unpaired) electrons. The van der Waals surface area contributed by atoms with Crippen molar-refractivity contribution in [2.75, 3.05) is 23.4 Å². The number of amides is 2. The van der Waals surface area contributed by atoms with Crippen LogP contribution in [0.5, 0.6) is 0 Å². The molecule has 5 nitrogen and oxygen atoms in total. The summed E-state index contributed by atoms with van der Waals surface area (Å²) in [7, 11) is 0. The van der Waals surface area contributed by atoms with Gasteiger partial charge in [0.25, 0.3) is 0 Å². The van der Waals surface area contributed by atoms with Crippen molar-refractivity contribution >= 4 is 23.4 Å². The molecular formula is C13H14N2O3. The van der Waals surface area contributed by atoms with Crippen molar-refractivity contribution in [3.05, 3.63) is 24.3 Å². The van der Waals surface area contributed by atoms with Crippen LogP contribution in [0.15, 0.2) is 24.3 Å². The van der Waals surface area contributed by atoms with Crippen molar-refractivity contribution in [3.8, 4) is 0 Å². The van der Waals surface area contributed by atoms with Crippen LogP contribution in [-0.4, -0.2) is 25.2 Å². The van der Waals surface area contributed by atoms with Crippen LogP contribution in [0.3, 0.4) is 0 Å². The topological polar surface area (TPSA) is 58.6 Å². The van der Waals surface area contributed by atoms with Crippen LogP contribution in [0.1, 0.15) is 12.8 Å². The van der Waals surface area contributed by atoms with Crippen LogP contribution in [0.2, 0.25) is 0 Å². The summed E-state index contributed by atoms with van der Waals surface area (Å²) in [5, 5.41) is 2.86. The van der Waals surface area contributed by atoms with Crippen LogP contribution >= 0.6 is 0 Å². The molecule has 1 aromatic rings. The largest absolute Gasteiger partial charge is 0.447 e. The fourth-order valence-electron chi connectivity index (χ4n) is 1.97. The fourth-order valence-corrected chi connectivity index (χ4v) is 1.97. The zero-order valence-electron chi connectivity index (χ0n) is 9.89. The number of nitrogens with one attached hydrogen (secondary N) is 1. The molecule has 1 heterocycles. The first-order valence-electron chi connectivity index (χ1n) is 6.09. The van der Waals surface area contributed by atoms with Crippen LogP contribution in [0.25, 0.3) is 0 Å². The molecule has 1 aliphatic carbocycles. The smallest absolute Gasteiger partial charge is 0.414 e. The fraction of sp³-hybridized carbons (Fsp3) is 0.385. The van der Waals surface area contributed by atoms with Gasteiger partial charge in [-0.3, -0.25) is 9.69 Å². The van der Waals surface area contributed by atoms with Gasteiger partial charge in [0.15, 0.2) is 0 Å². The lowest BCUT2D eigenvalue weighted by Crippen LogP contribution is -2.23. The van der Waals surface area contributed by atoms with Gasteiger partial charge in [0.1, 0.15) is 6.61 Å². The zero-order valence-corrected chi connectivity index (χ0v) is 9.89. The standard InChI is InChI=1S/C13H14N2O3/c16-12(9-4-5-9)14-10-2-1-3-11(8-10)15-6-7-18-13(15)17/h1-3,8-9H,4-7H2,(H,14,16). The molecule has 1 N–H and O–H groups in total. The number of cyclic esters (lactones) is 1. The Morgan fingerprint density at radius 1 is 1.39 bits per heavy atom. The van der Waals surface area contributed by atoms with E-state index >= 15 is 0 Å². The molecule has 0 spiro atoms. The number of carbonyl (C=O) groups excluding carboxylic acids is 2. The van der Waals surface area contributed by atoms with Crippen LogP contribution < -0.4 is 10.2 Å². The molecule has 1 saturated heterocycles. The van der Waals surface area contributed by atoms with Crippen molar-refractivity contribution in [1.82, 2.24) is 0 Å². The zero-order chi connectivity index (χ0) is 12.5. The van der Waals surface area contributed by atoms with Crippen LogP contribution in [0.4, 0.5) is 16.2 Å². The Hall–Kier alpha value is -2.04. The molecule has 1 aromatic carbocycles. The lowest BCUT2D eigenvalue weighted by atomic mass is 10.2. The molecule has 1 saturated carbocycles. The highest BCUT2D eigenvalue weighted by Crippen LogP contribution is 2.30. The Labute approximate surface area is 105 Å². The first-order chi connectivity index (χ1) is 8.74. The number of carbonyl (C=O) groups is 2. The highest BCUT2D eigenvalue weighted by Gasteiger charge is 2.30. The predicted octanol–water partition coefficient (Wildman–Crippen LogP) is 1.99.